The Hall–Kier alpha value is -1.06. The minimum atomic E-state index is -0.0553. The van der Waals surface area contributed by atoms with Crippen LogP contribution in [-0.4, -0.2) is 12.1 Å². The molecule has 0 N–H and O–H groups in total. The molecule has 0 saturated heterocycles. The lowest BCUT2D eigenvalue weighted by atomic mass is 9.77. The van der Waals surface area contributed by atoms with Crippen molar-refractivity contribution < 1.29 is 0 Å². The Bertz CT molecular complexity index is 657. The molecule has 4 heteroatoms. The smallest absolute Gasteiger partial charge is 0.0595 e. The fourth-order valence-corrected chi connectivity index (χ4v) is 3.53. The first-order valence-electron chi connectivity index (χ1n) is 7.01. The Kier molecular flexibility index (Phi) is 4.23. The highest BCUT2D eigenvalue weighted by molar-refractivity contribution is 6.42. The second kappa shape index (κ2) is 5.98. The number of hydroxylamine groups is 2. The third-order valence-corrected chi connectivity index (χ3v) is 4.98. The van der Waals surface area contributed by atoms with Crippen molar-refractivity contribution in [3.8, 4) is 0 Å². The highest BCUT2D eigenvalue weighted by Crippen LogP contribution is 2.43. The minimum absolute atomic E-state index is 0.0553. The first-order valence-corrected chi connectivity index (χ1v) is 7.77. The third kappa shape index (κ3) is 2.82. The molecule has 0 aliphatic heterocycles. The molecule has 0 amide bonds. The van der Waals surface area contributed by atoms with Gasteiger partial charge >= 0.3 is 0 Å². The van der Waals surface area contributed by atoms with Gasteiger partial charge in [-0.25, -0.2) is 0 Å². The van der Waals surface area contributed by atoms with Gasteiger partial charge in [0.15, 0.2) is 0 Å². The van der Waals surface area contributed by atoms with Crippen molar-refractivity contribution in [2.45, 2.75) is 24.8 Å². The molecule has 1 aliphatic carbocycles. The summed E-state index contributed by atoms with van der Waals surface area (Å²) in [5, 5.41) is 14.0. The summed E-state index contributed by atoms with van der Waals surface area (Å²) in [7, 11) is 1.60. The van der Waals surface area contributed by atoms with E-state index in [1.807, 2.05) is 30.3 Å². The summed E-state index contributed by atoms with van der Waals surface area (Å²) < 4.78 is 0. The summed E-state index contributed by atoms with van der Waals surface area (Å²) >= 11 is 12.2. The second-order valence-electron chi connectivity index (χ2n) is 5.49. The molecule has 2 unspecified atom stereocenters. The van der Waals surface area contributed by atoms with Crippen LogP contribution >= 0.6 is 23.2 Å². The molecule has 3 rings (SSSR count). The zero-order chi connectivity index (χ0) is 15.0. The lowest BCUT2D eigenvalue weighted by Gasteiger charge is -2.40. The van der Waals surface area contributed by atoms with Crippen molar-refractivity contribution in [2.24, 2.45) is 0 Å². The molecule has 0 radical (unpaired) electrons. The quantitative estimate of drug-likeness (QED) is 0.693. The molecule has 0 bridgehead atoms. The molecule has 0 spiro atoms. The average Bonchev–Trinajstić information content (AvgIpc) is 2.49. The zero-order valence-corrected chi connectivity index (χ0v) is 13.2. The number of hydrogen-bond donors (Lipinski definition) is 0. The summed E-state index contributed by atoms with van der Waals surface area (Å²) in [6.45, 7) is 0. The normalized spacial score (nSPS) is 21.4. The second-order valence-corrected chi connectivity index (χ2v) is 6.31. The van der Waals surface area contributed by atoms with E-state index in [0.717, 1.165) is 29.0 Å². The minimum Gasteiger partial charge on any atom is -0.785 e. The first-order chi connectivity index (χ1) is 10.1. The molecule has 2 aromatic carbocycles. The van der Waals surface area contributed by atoms with Crippen LogP contribution in [-0.2, 0) is 0 Å². The fraction of sp³-hybridized carbons (Fsp3) is 0.294. The molecule has 0 aromatic heterocycles. The van der Waals surface area contributed by atoms with E-state index in [4.69, 9.17) is 23.2 Å². The van der Waals surface area contributed by atoms with Crippen molar-refractivity contribution >= 4 is 23.2 Å². The van der Waals surface area contributed by atoms with Crippen LogP contribution in [0.25, 0.3) is 0 Å². The predicted molar refractivity (Wildman–Crippen MR) is 87.9 cm³/mol. The molecule has 1 aliphatic rings. The van der Waals surface area contributed by atoms with E-state index < -0.39 is 0 Å². The van der Waals surface area contributed by atoms with Gasteiger partial charge in [-0.3, -0.25) is 0 Å². The zero-order valence-electron chi connectivity index (χ0n) is 11.7. The summed E-state index contributed by atoms with van der Waals surface area (Å²) in [5.74, 6) is 0.271. The van der Waals surface area contributed by atoms with Gasteiger partial charge in [-0.1, -0.05) is 53.5 Å². The highest BCUT2D eigenvalue weighted by atomic mass is 35.5. The van der Waals surface area contributed by atoms with Gasteiger partial charge in [0.05, 0.1) is 10.0 Å². The Balaban J connectivity index is 2.05. The number of halogens is 2. The number of benzene rings is 2. The Labute approximate surface area is 134 Å². The van der Waals surface area contributed by atoms with Crippen molar-refractivity contribution in [2.75, 3.05) is 7.05 Å². The number of rotatable bonds is 2. The van der Waals surface area contributed by atoms with E-state index in [-0.39, 0.29) is 12.0 Å². The Morgan fingerprint density at radius 2 is 1.71 bits per heavy atom. The van der Waals surface area contributed by atoms with Gasteiger partial charge < -0.3 is 10.3 Å². The molecular weight excluding hydrogens is 305 g/mol. The average molecular weight is 321 g/mol. The van der Waals surface area contributed by atoms with Gasteiger partial charge in [0.25, 0.3) is 0 Å². The van der Waals surface area contributed by atoms with E-state index >= 15 is 0 Å². The van der Waals surface area contributed by atoms with Crippen molar-refractivity contribution in [1.82, 2.24) is 5.06 Å². The molecule has 2 atom stereocenters. The molecule has 0 saturated carbocycles. The van der Waals surface area contributed by atoms with Crippen LogP contribution in [0.4, 0.5) is 0 Å². The molecular formula is C17H16Cl2NO-. The Morgan fingerprint density at radius 1 is 1.00 bits per heavy atom. The monoisotopic (exact) mass is 320 g/mol. The van der Waals surface area contributed by atoms with Gasteiger partial charge in [0, 0.05) is 12.0 Å². The predicted octanol–water partition coefficient (Wildman–Crippen LogP) is 5.39. The van der Waals surface area contributed by atoms with Crippen LogP contribution < -0.4 is 0 Å². The fourth-order valence-electron chi connectivity index (χ4n) is 3.22. The molecule has 2 nitrogen and oxygen atoms in total. The van der Waals surface area contributed by atoms with Crippen LogP contribution in [0.3, 0.4) is 0 Å². The van der Waals surface area contributed by atoms with E-state index in [9.17, 15) is 5.21 Å². The van der Waals surface area contributed by atoms with E-state index in [1.165, 1.54) is 5.56 Å². The number of nitrogens with zero attached hydrogens (tertiary/aromatic N) is 1. The van der Waals surface area contributed by atoms with Crippen molar-refractivity contribution in [3.63, 3.8) is 0 Å². The van der Waals surface area contributed by atoms with Crippen LogP contribution in [0.5, 0.6) is 0 Å². The molecule has 110 valence electrons. The van der Waals surface area contributed by atoms with Gasteiger partial charge in [-0.15, -0.1) is 0 Å². The standard InChI is InChI=1S/C17H16Cl2NO/c1-20(21)17-9-7-12(13-4-2-3-5-14(13)17)11-6-8-15(18)16(19)10-11/h2-6,8,10,12,17H,7,9H2,1H3/q-1. The Morgan fingerprint density at radius 3 is 2.38 bits per heavy atom. The maximum absolute atomic E-state index is 11.8. The van der Waals surface area contributed by atoms with Crippen LogP contribution in [0.15, 0.2) is 42.5 Å². The molecule has 0 heterocycles. The first kappa shape index (κ1) is 14.9. The lowest BCUT2D eigenvalue weighted by molar-refractivity contribution is 0.294. The maximum Gasteiger partial charge on any atom is 0.0595 e. The van der Waals surface area contributed by atoms with Gasteiger partial charge in [0.1, 0.15) is 0 Å². The third-order valence-electron chi connectivity index (χ3n) is 4.24. The largest absolute Gasteiger partial charge is 0.785 e. The maximum atomic E-state index is 11.8. The summed E-state index contributed by atoms with van der Waals surface area (Å²) in [4.78, 5) is 0. The van der Waals surface area contributed by atoms with Gasteiger partial charge in [0.2, 0.25) is 0 Å². The van der Waals surface area contributed by atoms with Gasteiger partial charge in [-0.2, -0.15) is 0 Å². The number of fused-ring (bicyclic) bond motifs is 1. The number of hydrogen-bond acceptors (Lipinski definition) is 2. The molecule has 0 fully saturated rings. The van der Waals surface area contributed by atoms with Crippen LogP contribution in [0.2, 0.25) is 10.0 Å². The van der Waals surface area contributed by atoms with E-state index in [2.05, 4.69) is 12.1 Å². The van der Waals surface area contributed by atoms with Crippen LogP contribution in [0, 0.1) is 5.21 Å². The van der Waals surface area contributed by atoms with Crippen LogP contribution in [0.1, 0.15) is 41.5 Å². The summed E-state index contributed by atoms with van der Waals surface area (Å²) in [6.07, 6.45) is 1.79. The molecule has 21 heavy (non-hydrogen) atoms. The van der Waals surface area contributed by atoms with Crippen molar-refractivity contribution in [1.29, 1.82) is 0 Å². The molecule has 2 aromatic rings. The topological polar surface area (TPSA) is 26.3 Å². The SMILES string of the molecule is CN([O-])C1CCC(c2ccc(Cl)c(Cl)c2)c2ccccc21. The lowest BCUT2D eigenvalue weighted by Crippen LogP contribution is -2.25. The van der Waals surface area contributed by atoms with E-state index in [0.29, 0.717) is 10.0 Å². The summed E-state index contributed by atoms with van der Waals surface area (Å²) in [6, 6.07) is 13.9. The van der Waals surface area contributed by atoms with Crippen molar-refractivity contribution in [3.05, 3.63) is 74.4 Å². The highest BCUT2D eigenvalue weighted by Gasteiger charge is 2.27. The summed E-state index contributed by atoms with van der Waals surface area (Å²) in [5.41, 5.74) is 3.50. The van der Waals surface area contributed by atoms with Gasteiger partial charge in [-0.05, 0) is 48.7 Å². The van der Waals surface area contributed by atoms with E-state index in [1.54, 1.807) is 7.05 Å².